The number of likely N-dealkylation sites (N-methyl/N-ethyl adjacent to an activating group) is 2. The highest BCUT2D eigenvalue weighted by atomic mass is 16.6. The van der Waals surface area contributed by atoms with Crippen LogP contribution in [0, 0.1) is 10.1 Å². The van der Waals surface area contributed by atoms with Crippen LogP contribution in [0.4, 0.5) is 23.0 Å². The Morgan fingerprint density at radius 3 is 2.67 bits per heavy atom. The third-order valence-corrected chi connectivity index (χ3v) is 6.78. The van der Waals surface area contributed by atoms with Crippen LogP contribution >= 0.6 is 0 Å². The van der Waals surface area contributed by atoms with Crippen molar-refractivity contribution < 1.29 is 9.66 Å². The van der Waals surface area contributed by atoms with Gasteiger partial charge >= 0.3 is 0 Å². The van der Waals surface area contributed by atoms with Gasteiger partial charge < -0.3 is 24.4 Å². The molecule has 0 saturated heterocycles. The number of hydrogen-bond acceptors (Lipinski definition) is 8. The summed E-state index contributed by atoms with van der Waals surface area (Å²) in [5.41, 5.74) is 5.35. The summed E-state index contributed by atoms with van der Waals surface area (Å²) in [5.74, 6) is 0.906. The first kappa shape index (κ1) is 27.8. The van der Waals surface area contributed by atoms with E-state index in [0.29, 0.717) is 35.3 Å². The molecule has 0 aliphatic carbocycles. The lowest BCUT2D eigenvalue weighted by Crippen LogP contribution is -2.28. The molecule has 0 unspecified atom stereocenters. The number of nitro benzene ring substituents is 1. The van der Waals surface area contributed by atoms with Crippen molar-refractivity contribution in [2.45, 2.75) is 33.2 Å². The Bertz CT molecular complexity index is 1470. The summed E-state index contributed by atoms with van der Waals surface area (Å²) in [5, 5.41) is 16.1. The fourth-order valence-electron chi connectivity index (χ4n) is 4.89. The van der Waals surface area contributed by atoms with Gasteiger partial charge in [-0.3, -0.25) is 10.1 Å². The number of anilines is 3. The lowest BCUT2D eigenvalue weighted by Gasteiger charge is -2.21. The quantitative estimate of drug-likeness (QED) is 0.216. The average molecular weight is 532 g/mol. The van der Waals surface area contributed by atoms with Crippen molar-refractivity contribution in [2.75, 3.05) is 51.6 Å². The minimum atomic E-state index is -0.360. The van der Waals surface area contributed by atoms with Gasteiger partial charge in [0.25, 0.3) is 5.69 Å². The molecule has 0 fully saturated rings. The number of aryl methyl sites for hydroxylation is 2. The van der Waals surface area contributed by atoms with Crippen LogP contribution in [0.5, 0.6) is 5.75 Å². The summed E-state index contributed by atoms with van der Waals surface area (Å²) in [6, 6.07) is 11.5. The maximum atomic E-state index is 11.9. The molecule has 0 spiro atoms. The van der Waals surface area contributed by atoms with Gasteiger partial charge in [-0.25, -0.2) is 9.97 Å². The van der Waals surface area contributed by atoms with E-state index in [0.717, 1.165) is 36.9 Å². The smallest absolute Gasteiger partial charge is 0.294 e. The molecule has 4 aromatic rings. The summed E-state index contributed by atoms with van der Waals surface area (Å²) in [4.78, 5) is 24.6. The van der Waals surface area contributed by atoms with Crippen molar-refractivity contribution in [1.29, 1.82) is 0 Å². The molecule has 2 aromatic heterocycles. The maximum absolute atomic E-state index is 11.9. The van der Waals surface area contributed by atoms with Crippen LogP contribution in [0.3, 0.4) is 0 Å². The van der Waals surface area contributed by atoms with Crippen LogP contribution < -0.4 is 15.0 Å². The van der Waals surface area contributed by atoms with Gasteiger partial charge in [-0.05, 0) is 44.6 Å². The predicted octanol–water partition coefficient (Wildman–Crippen LogP) is 5.73. The van der Waals surface area contributed by atoms with Gasteiger partial charge in [-0.1, -0.05) is 32.0 Å². The molecule has 10 nitrogen and oxygen atoms in total. The second-order valence-corrected chi connectivity index (χ2v) is 9.57. The van der Waals surface area contributed by atoms with E-state index in [9.17, 15) is 10.1 Å². The Kier molecular flexibility index (Phi) is 8.65. The van der Waals surface area contributed by atoms with Crippen molar-refractivity contribution in [3.05, 3.63) is 64.5 Å². The molecule has 3 heterocycles. The number of methoxy groups -OCH3 is 1. The Morgan fingerprint density at radius 1 is 1.15 bits per heavy atom. The molecule has 0 saturated carbocycles. The van der Waals surface area contributed by atoms with E-state index in [1.807, 2.05) is 50.9 Å². The van der Waals surface area contributed by atoms with E-state index in [1.54, 1.807) is 19.4 Å². The zero-order valence-electron chi connectivity index (χ0n) is 23.6. The monoisotopic (exact) mass is 531 g/mol. The highest BCUT2D eigenvalue weighted by Gasteiger charge is 2.22. The minimum Gasteiger partial charge on any atom is -0.493 e. The fourth-order valence-corrected chi connectivity index (χ4v) is 4.89. The number of rotatable bonds is 9. The minimum absolute atomic E-state index is 0.0222. The fraction of sp³-hybridized carbons (Fsp3) is 0.379. The first-order valence-corrected chi connectivity index (χ1v) is 13.3. The third-order valence-electron chi connectivity index (χ3n) is 6.78. The number of nitrogens with one attached hydrogen (secondary N) is 1. The first-order valence-electron chi connectivity index (χ1n) is 13.3. The van der Waals surface area contributed by atoms with E-state index in [2.05, 4.69) is 39.3 Å². The molecule has 5 rings (SSSR count). The Balaban J connectivity index is 0.00000172. The maximum Gasteiger partial charge on any atom is 0.294 e. The van der Waals surface area contributed by atoms with Crippen LogP contribution in [0.1, 0.15) is 25.8 Å². The standard InChI is InChI=1S/C27H31N7O3.C2H6/c1-31(2)13-14-32(3)22-11-10-19(15-23(22)34(35)36)29-27-28-16-24(37-4)25(30-27)21-17-33-12-6-8-18-7-5-9-20(21)26(18)33;1-2/h5,7,9-11,15-17H,6,8,12-14H2,1-4H3,(H,28,29,30);1-2H3. The molecular weight excluding hydrogens is 494 g/mol. The van der Waals surface area contributed by atoms with Gasteiger partial charge in [-0.2, -0.15) is 0 Å². The molecule has 206 valence electrons. The van der Waals surface area contributed by atoms with Crippen LogP contribution in [0.25, 0.3) is 22.2 Å². The summed E-state index contributed by atoms with van der Waals surface area (Å²) in [6.07, 6.45) is 5.93. The number of para-hydroxylation sites is 1. The number of hydrogen-bond donors (Lipinski definition) is 1. The second kappa shape index (κ2) is 12.1. The first-order chi connectivity index (χ1) is 18.9. The number of aromatic nitrogens is 3. The van der Waals surface area contributed by atoms with Crippen LogP contribution in [0.2, 0.25) is 0 Å². The SMILES string of the molecule is CC.COc1cnc(Nc2ccc(N(C)CCN(C)C)c([N+](=O)[O-])c2)nc1-c1cn2c3c(cccc13)CCC2. The molecule has 0 bridgehead atoms. The van der Waals surface area contributed by atoms with Gasteiger partial charge in [0.15, 0.2) is 5.75 Å². The summed E-state index contributed by atoms with van der Waals surface area (Å²) >= 11 is 0. The average Bonchev–Trinajstić information content (AvgIpc) is 3.33. The lowest BCUT2D eigenvalue weighted by atomic mass is 10.0. The number of benzene rings is 2. The number of nitrogens with zero attached hydrogens (tertiary/aromatic N) is 6. The zero-order valence-corrected chi connectivity index (χ0v) is 23.6. The highest BCUT2D eigenvalue weighted by molar-refractivity contribution is 5.98. The molecule has 39 heavy (non-hydrogen) atoms. The molecule has 0 radical (unpaired) electrons. The molecule has 0 atom stereocenters. The molecule has 1 N–H and O–H groups in total. The summed E-state index contributed by atoms with van der Waals surface area (Å²) in [7, 11) is 7.41. The molecule has 2 aromatic carbocycles. The topological polar surface area (TPSA) is 102 Å². The Hall–Kier alpha value is -4.18. The van der Waals surface area contributed by atoms with E-state index in [1.165, 1.54) is 17.1 Å². The predicted molar refractivity (Wildman–Crippen MR) is 157 cm³/mol. The van der Waals surface area contributed by atoms with Crippen molar-refractivity contribution in [2.24, 2.45) is 0 Å². The van der Waals surface area contributed by atoms with Gasteiger partial charge in [-0.15, -0.1) is 0 Å². The molecule has 10 heteroatoms. The summed E-state index contributed by atoms with van der Waals surface area (Å²) < 4.78 is 7.90. The van der Waals surface area contributed by atoms with E-state index < -0.39 is 0 Å². The van der Waals surface area contributed by atoms with Crippen molar-refractivity contribution in [1.82, 2.24) is 19.4 Å². The van der Waals surface area contributed by atoms with Crippen molar-refractivity contribution in [3.63, 3.8) is 0 Å². The highest BCUT2D eigenvalue weighted by Crippen LogP contribution is 2.39. The summed E-state index contributed by atoms with van der Waals surface area (Å²) in [6.45, 7) is 6.42. The van der Waals surface area contributed by atoms with Crippen LogP contribution in [-0.2, 0) is 13.0 Å². The molecular formula is C29H37N7O3. The van der Waals surface area contributed by atoms with Crippen molar-refractivity contribution in [3.8, 4) is 17.0 Å². The molecule has 0 amide bonds. The second-order valence-electron chi connectivity index (χ2n) is 9.57. The van der Waals surface area contributed by atoms with Gasteiger partial charge in [0, 0.05) is 55.6 Å². The lowest BCUT2D eigenvalue weighted by molar-refractivity contribution is -0.384. The van der Waals surface area contributed by atoms with Gasteiger partial charge in [0.1, 0.15) is 11.4 Å². The van der Waals surface area contributed by atoms with E-state index in [4.69, 9.17) is 9.72 Å². The molecule has 1 aliphatic heterocycles. The van der Waals surface area contributed by atoms with Gasteiger partial charge in [0.2, 0.25) is 5.95 Å². The Morgan fingerprint density at radius 2 is 1.95 bits per heavy atom. The van der Waals surface area contributed by atoms with Crippen molar-refractivity contribution >= 4 is 33.9 Å². The number of nitro groups is 1. The number of ether oxygens (including phenoxy) is 1. The van der Waals surface area contributed by atoms with E-state index >= 15 is 0 Å². The van der Waals surface area contributed by atoms with E-state index in [-0.39, 0.29) is 10.6 Å². The largest absolute Gasteiger partial charge is 0.493 e. The van der Waals surface area contributed by atoms with Crippen LogP contribution in [-0.4, -0.2) is 65.7 Å². The molecule has 1 aliphatic rings. The normalized spacial score (nSPS) is 12.2. The van der Waals surface area contributed by atoms with Gasteiger partial charge in [0.05, 0.1) is 23.7 Å². The third kappa shape index (κ3) is 5.80. The zero-order chi connectivity index (χ0) is 28.1. The Labute approximate surface area is 229 Å². The van der Waals surface area contributed by atoms with Crippen LogP contribution in [0.15, 0.2) is 48.8 Å².